The summed E-state index contributed by atoms with van der Waals surface area (Å²) in [4.78, 5) is 0. The molecule has 0 saturated carbocycles. The fourth-order valence-electron chi connectivity index (χ4n) is 2.14. The molecule has 0 aliphatic heterocycles. The van der Waals surface area contributed by atoms with Crippen LogP contribution in [-0.4, -0.2) is 29.1 Å². The van der Waals surface area contributed by atoms with Gasteiger partial charge in [0, 0.05) is 13.5 Å². The summed E-state index contributed by atoms with van der Waals surface area (Å²) in [7, 11) is 4.97. The number of para-hydroxylation sites is 1. The molecule has 5 heteroatoms. The maximum atomic E-state index is 10.4. The number of rotatable bonds is 5. The monoisotopic (exact) mass is 262 g/mol. The number of methoxy groups -OCH3 is 2. The molecule has 19 heavy (non-hydrogen) atoms. The van der Waals surface area contributed by atoms with Crippen molar-refractivity contribution in [1.29, 1.82) is 0 Å². The van der Waals surface area contributed by atoms with Crippen LogP contribution < -0.4 is 9.47 Å². The maximum Gasteiger partial charge on any atom is 0.162 e. The molecule has 1 heterocycles. The quantitative estimate of drug-likeness (QED) is 0.891. The second-order valence-electron chi connectivity index (χ2n) is 4.25. The highest BCUT2D eigenvalue weighted by Gasteiger charge is 2.20. The Morgan fingerprint density at radius 1 is 1.21 bits per heavy atom. The predicted molar refractivity (Wildman–Crippen MR) is 71.4 cm³/mol. The molecule has 1 unspecified atom stereocenters. The molecule has 0 radical (unpaired) electrons. The first-order chi connectivity index (χ1) is 9.17. The van der Waals surface area contributed by atoms with Crippen molar-refractivity contribution in [2.24, 2.45) is 7.05 Å². The zero-order valence-corrected chi connectivity index (χ0v) is 11.3. The van der Waals surface area contributed by atoms with Crippen molar-refractivity contribution in [1.82, 2.24) is 9.78 Å². The number of benzene rings is 1. The van der Waals surface area contributed by atoms with Gasteiger partial charge in [-0.3, -0.25) is 4.68 Å². The minimum atomic E-state index is -0.696. The minimum Gasteiger partial charge on any atom is -0.496 e. The van der Waals surface area contributed by atoms with E-state index in [9.17, 15) is 5.11 Å². The Morgan fingerprint density at radius 2 is 1.89 bits per heavy atom. The van der Waals surface area contributed by atoms with Crippen LogP contribution in [0.25, 0.3) is 0 Å². The average molecular weight is 262 g/mol. The smallest absolute Gasteiger partial charge is 0.162 e. The van der Waals surface area contributed by atoms with Crippen LogP contribution in [0.1, 0.15) is 17.4 Å². The molecule has 0 saturated heterocycles. The van der Waals surface area contributed by atoms with Crippen LogP contribution >= 0.6 is 0 Å². The van der Waals surface area contributed by atoms with E-state index >= 15 is 0 Å². The molecule has 5 nitrogen and oxygen atoms in total. The number of aliphatic hydroxyl groups is 1. The molecule has 1 aromatic heterocycles. The molecule has 2 aromatic rings. The van der Waals surface area contributed by atoms with Gasteiger partial charge in [0.2, 0.25) is 0 Å². The number of aromatic nitrogens is 2. The summed E-state index contributed by atoms with van der Waals surface area (Å²) >= 11 is 0. The van der Waals surface area contributed by atoms with E-state index in [0.717, 1.165) is 11.3 Å². The highest BCUT2D eigenvalue weighted by atomic mass is 16.5. The lowest BCUT2D eigenvalue weighted by Crippen LogP contribution is -2.10. The number of nitrogens with zero attached hydrogens (tertiary/aromatic N) is 2. The van der Waals surface area contributed by atoms with Gasteiger partial charge in [-0.2, -0.15) is 5.10 Å². The van der Waals surface area contributed by atoms with Crippen molar-refractivity contribution in [2.75, 3.05) is 14.2 Å². The Kier molecular flexibility index (Phi) is 4.06. The van der Waals surface area contributed by atoms with Crippen molar-refractivity contribution in [3.63, 3.8) is 0 Å². The summed E-state index contributed by atoms with van der Waals surface area (Å²) in [6, 6.07) is 7.64. The predicted octanol–water partition coefficient (Wildman–Crippen LogP) is 1.71. The van der Waals surface area contributed by atoms with Crippen molar-refractivity contribution in [3.8, 4) is 11.5 Å². The molecule has 0 aliphatic rings. The lowest BCUT2D eigenvalue weighted by molar-refractivity contribution is 0.163. The Hall–Kier alpha value is -2.01. The molecule has 0 spiro atoms. The SMILES string of the molecule is COc1ccccc1CC(O)c1c(OC)cnn1C. The third-order valence-electron chi connectivity index (χ3n) is 3.09. The van der Waals surface area contributed by atoms with E-state index in [1.165, 1.54) is 0 Å². The first-order valence-electron chi connectivity index (χ1n) is 6.03. The van der Waals surface area contributed by atoms with Crippen LogP contribution in [-0.2, 0) is 13.5 Å². The van der Waals surface area contributed by atoms with Gasteiger partial charge in [-0.15, -0.1) is 0 Å². The molecule has 1 aromatic carbocycles. The van der Waals surface area contributed by atoms with E-state index in [0.29, 0.717) is 17.9 Å². The van der Waals surface area contributed by atoms with E-state index in [-0.39, 0.29) is 0 Å². The fourth-order valence-corrected chi connectivity index (χ4v) is 2.14. The van der Waals surface area contributed by atoms with Crippen LogP contribution in [0.2, 0.25) is 0 Å². The summed E-state index contributed by atoms with van der Waals surface area (Å²) in [6.45, 7) is 0. The second-order valence-corrected chi connectivity index (χ2v) is 4.25. The van der Waals surface area contributed by atoms with Crippen LogP contribution in [0, 0.1) is 0 Å². The van der Waals surface area contributed by atoms with Crippen molar-refractivity contribution >= 4 is 0 Å². The zero-order valence-electron chi connectivity index (χ0n) is 11.3. The molecule has 1 N–H and O–H groups in total. The number of hydrogen-bond donors (Lipinski definition) is 1. The Balaban J connectivity index is 2.25. The highest BCUT2D eigenvalue weighted by molar-refractivity contribution is 5.36. The third-order valence-corrected chi connectivity index (χ3v) is 3.09. The van der Waals surface area contributed by atoms with Gasteiger partial charge in [-0.25, -0.2) is 0 Å². The van der Waals surface area contributed by atoms with E-state index in [4.69, 9.17) is 9.47 Å². The molecule has 102 valence electrons. The maximum absolute atomic E-state index is 10.4. The topological polar surface area (TPSA) is 56.5 Å². The standard InChI is InChI=1S/C14H18N2O3/c1-16-14(13(19-3)9-15-16)11(17)8-10-6-4-5-7-12(10)18-2/h4-7,9,11,17H,8H2,1-3H3. The van der Waals surface area contributed by atoms with Gasteiger partial charge < -0.3 is 14.6 Å². The van der Waals surface area contributed by atoms with Gasteiger partial charge in [0.25, 0.3) is 0 Å². The van der Waals surface area contributed by atoms with Gasteiger partial charge >= 0.3 is 0 Å². The van der Waals surface area contributed by atoms with Crippen molar-refractivity contribution < 1.29 is 14.6 Å². The van der Waals surface area contributed by atoms with E-state index < -0.39 is 6.10 Å². The molecule has 0 aliphatic carbocycles. The summed E-state index contributed by atoms with van der Waals surface area (Å²) in [5.74, 6) is 1.35. The highest BCUT2D eigenvalue weighted by Crippen LogP contribution is 2.29. The zero-order chi connectivity index (χ0) is 13.8. The Bertz CT molecular complexity index is 551. The van der Waals surface area contributed by atoms with Crippen LogP contribution in [0.4, 0.5) is 0 Å². The van der Waals surface area contributed by atoms with Crippen LogP contribution in [0.3, 0.4) is 0 Å². The summed E-state index contributed by atoms with van der Waals surface area (Å²) in [5.41, 5.74) is 1.61. The van der Waals surface area contributed by atoms with Gasteiger partial charge in [0.15, 0.2) is 5.75 Å². The second kappa shape index (κ2) is 5.75. The third kappa shape index (κ3) is 2.71. The molecule has 0 bridgehead atoms. The van der Waals surface area contributed by atoms with Crippen molar-refractivity contribution in [2.45, 2.75) is 12.5 Å². The molecule has 2 rings (SSSR count). The van der Waals surface area contributed by atoms with Gasteiger partial charge in [-0.05, 0) is 11.6 Å². The Morgan fingerprint density at radius 3 is 2.58 bits per heavy atom. The molecular weight excluding hydrogens is 244 g/mol. The van der Waals surface area contributed by atoms with Crippen LogP contribution in [0.15, 0.2) is 30.5 Å². The fraction of sp³-hybridized carbons (Fsp3) is 0.357. The number of aryl methyl sites for hydroxylation is 1. The lowest BCUT2D eigenvalue weighted by Gasteiger charge is -2.15. The van der Waals surface area contributed by atoms with Crippen LogP contribution in [0.5, 0.6) is 11.5 Å². The van der Waals surface area contributed by atoms with E-state index in [1.54, 1.807) is 32.1 Å². The van der Waals surface area contributed by atoms with E-state index in [1.807, 2.05) is 24.3 Å². The molecule has 1 atom stereocenters. The number of ether oxygens (including phenoxy) is 2. The average Bonchev–Trinajstić information content (AvgIpc) is 2.80. The molecule has 0 fully saturated rings. The van der Waals surface area contributed by atoms with Gasteiger partial charge in [0.05, 0.1) is 20.4 Å². The minimum absolute atomic E-state index is 0.444. The number of aliphatic hydroxyl groups excluding tert-OH is 1. The Labute approximate surface area is 112 Å². The summed E-state index contributed by atoms with van der Waals surface area (Å²) < 4.78 is 12.1. The summed E-state index contributed by atoms with van der Waals surface area (Å²) in [6.07, 6.45) is 1.35. The van der Waals surface area contributed by atoms with Crippen molar-refractivity contribution in [3.05, 3.63) is 41.7 Å². The first kappa shape index (κ1) is 13.4. The van der Waals surface area contributed by atoms with Gasteiger partial charge in [0.1, 0.15) is 17.5 Å². The largest absolute Gasteiger partial charge is 0.496 e. The first-order valence-corrected chi connectivity index (χ1v) is 6.03. The number of hydrogen-bond acceptors (Lipinski definition) is 4. The summed E-state index contributed by atoms with van der Waals surface area (Å²) in [5, 5.41) is 14.5. The van der Waals surface area contributed by atoms with Gasteiger partial charge in [-0.1, -0.05) is 18.2 Å². The molecule has 0 amide bonds. The normalized spacial score (nSPS) is 12.2. The van der Waals surface area contributed by atoms with E-state index in [2.05, 4.69) is 5.10 Å². The lowest BCUT2D eigenvalue weighted by atomic mass is 10.0. The molecular formula is C14H18N2O3.